The van der Waals surface area contributed by atoms with Crippen LogP contribution >= 0.6 is 27.5 Å². The SMILES string of the molecule is CC(C(=O)Nc1ccn(Cc2c(F)cccc2Cl)n1)n1cc(Br)cn1. The van der Waals surface area contributed by atoms with Gasteiger partial charge in [0, 0.05) is 29.0 Å². The van der Waals surface area contributed by atoms with E-state index in [0.717, 1.165) is 4.47 Å². The van der Waals surface area contributed by atoms with E-state index in [1.165, 1.54) is 15.4 Å². The van der Waals surface area contributed by atoms with Crippen LogP contribution in [0.25, 0.3) is 0 Å². The summed E-state index contributed by atoms with van der Waals surface area (Å²) in [6.07, 6.45) is 4.97. The van der Waals surface area contributed by atoms with E-state index in [-0.39, 0.29) is 12.5 Å². The summed E-state index contributed by atoms with van der Waals surface area (Å²) in [5, 5.41) is 11.4. The number of nitrogens with zero attached hydrogens (tertiary/aromatic N) is 4. The van der Waals surface area contributed by atoms with Crippen LogP contribution < -0.4 is 5.32 Å². The topological polar surface area (TPSA) is 64.7 Å². The molecular formula is C16H14BrClFN5O. The number of aromatic nitrogens is 4. The summed E-state index contributed by atoms with van der Waals surface area (Å²) in [5.41, 5.74) is 0.347. The molecule has 0 saturated heterocycles. The van der Waals surface area contributed by atoms with Crippen molar-refractivity contribution in [2.24, 2.45) is 0 Å². The number of hydrogen-bond donors (Lipinski definition) is 1. The van der Waals surface area contributed by atoms with E-state index < -0.39 is 11.9 Å². The monoisotopic (exact) mass is 425 g/mol. The fourth-order valence-corrected chi connectivity index (χ4v) is 2.76. The molecule has 1 amide bonds. The van der Waals surface area contributed by atoms with Gasteiger partial charge in [0.25, 0.3) is 0 Å². The first-order chi connectivity index (χ1) is 11.9. The quantitative estimate of drug-likeness (QED) is 0.673. The summed E-state index contributed by atoms with van der Waals surface area (Å²) in [6.45, 7) is 1.90. The van der Waals surface area contributed by atoms with Crippen LogP contribution in [0, 0.1) is 5.82 Å². The molecule has 3 aromatic rings. The van der Waals surface area contributed by atoms with Crippen LogP contribution in [0.2, 0.25) is 5.02 Å². The number of benzene rings is 1. The number of carbonyl (C=O) groups is 1. The van der Waals surface area contributed by atoms with Crippen molar-refractivity contribution in [2.75, 3.05) is 5.32 Å². The van der Waals surface area contributed by atoms with E-state index in [2.05, 4.69) is 31.4 Å². The van der Waals surface area contributed by atoms with E-state index in [0.29, 0.717) is 16.4 Å². The Kier molecular flexibility index (Phi) is 5.19. The lowest BCUT2D eigenvalue weighted by Crippen LogP contribution is -2.24. The average molecular weight is 427 g/mol. The Morgan fingerprint density at radius 3 is 2.92 bits per heavy atom. The van der Waals surface area contributed by atoms with Gasteiger partial charge in [-0.15, -0.1) is 0 Å². The Bertz CT molecular complexity index is 889. The zero-order valence-corrected chi connectivity index (χ0v) is 15.5. The largest absolute Gasteiger partial charge is 0.307 e. The molecular weight excluding hydrogens is 413 g/mol. The summed E-state index contributed by atoms with van der Waals surface area (Å²) in [7, 11) is 0. The summed E-state index contributed by atoms with van der Waals surface area (Å²) < 4.78 is 17.7. The van der Waals surface area contributed by atoms with Gasteiger partial charge in [0.15, 0.2) is 5.82 Å². The molecule has 0 aliphatic rings. The van der Waals surface area contributed by atoms with Crippen molar-refractivity contribution in [1.82, 2.24) is 19.6 Å². The number of rotatable bonds is 5. The zero-order chi connectivity index (χ0) is 18.0. The van der Waals surface area contributed by atoms with E-state index >= 15 is 0 Å². The van der Waals surface area contributed by atoms with Crippen molar-refractivity contribution in [3.05, 3.63) is 63.7 Å². The molecule has 0 radical (unpaired) electrons. The first kappa shape index (κ1) is 17.6. The van der Waals surface area contributed by atoms with Crippen LogP contribution in [-0.2, 0) is 11.3 Å². The summed E-state index contributed by atoms with van der Waals surface area (Å²) in [6, 6.07) is 5.65. The molecule has 2 heterocycles. The van der Waals surface area contributed by atoms with Crippen molar-refractivity contribution >= 4 is 39.3 Å². The molecule has 0 bridgehead atoms. The summed E-state index contributed by atoms with van der Waals surface area (Å²) in [4.78, 5) is 12.3. The first-order valence-electron chi connectivity index (χ1n) is 7.41. The van der Waals surface area contributed by atoms with Crippen molar-refractivity contribution in [3.8, 4) is 0 Å². The number of halogens is 3. The van der Waals surface area contributed by atoms with E-state index in [9.17, 15) is 9.18 Å². The molecule has 25 heavy (non-hydrogen) atoms. The molecule has 6 nitrogen and oxygen atoms in total. The standard InChI is InChI=1S/C16H14BrClFN5O/c1-10(24-8-11(17)7-20-24)16(25)21-15-5-6-23(22-15)9-12-13(18)3-2-4-14(12)19/h2-8,10H,9H2,1H3,(H,21,22,25). The van der Waals surface area contributed by atoms with Gasteiger partial charge in [0.1, 0.15) is 11.9 Å². The molecule has 0 spiro atoms. The smallest absolute Gasteiger partial charge is 0.250 e. The molecule has 2 aromatic heterocycles. The van der Waals surface area contributed by atoms with Crippen molar-refractivity contribution in [2.45, 2.75) is 19.5 Å². The Labute approximate surface area is 156 Å². The number of carbonyl (C=O) groups excluding carboxylic acids is 1. The highest BCUT2D eigenvalue weighted by Crippen LogP contribution is 2.20. The predicted octanol–water partition coefficient (Wildman–Crippen LogP) is 3.88. The number of nitrogens with one attached hydrogen (secondary N) is 1. The maximum atomic E-state index is 13.8. The van der Waals surface area contributed by atoms with Gasteiger partial charge in [0.2, 0.25) is 5.91 Å². The lowest BCUT2D eigenvalue weighted by molar-refractivity contribution is -0.119. The highest BCUT2D eigenvalue weighted by Gasteiger charge is 2.17. The van der Waals surface area contributed by atoms with Gasteiger partial charge in [-0.2, -0.15) is 10.2 Å². The van der Waals surface area contributed by atoms with Crippen LogP contribution in [0.1, 0.15) is 18.5 Å². The minimum absolute atomic E-state index is 0.170. The van der Waals surface area contributed by atoms with Gasteiger partial charge in [0.05, 0.1) is 17.2 Å². The van der Waals surface area contributed by atoms with Gasteiger partial charge >= 0.3 is 0 Å². The molecule has 9 heteroatoms. The molecule has 0 aliphatic heterocycles. The second-order valence-corrected chi connectivity index (χ2v) is 6.73. The van der Waals surface area contributed by atoms with Crippen LogP contribution in [0.5, 0.6) is 0 Å². The van der Waals surface area contributed by atoms with Crippen LogP contribution in [0.4, 0.5) is 10.2 Å². The molecule has 1 aromatic carbocycles. The normalized spacial score (nSPS) is 12.2. The average Bonchev–Trinajstić information content (AvgIpc) is 3.19. The molecule has 1 unspecified atom stereocenters. The Balaban J connectivity index is 1.68. The number of hydrogen-bond acceptors (Lipinski definition) is 3. The maximum absolute atomic E-state index is 13.8. The van der Waals surface area contributed by atoms with Gasteiger partial charge in [-0.1, -0.05) is 17.7 Å². The highest BCUT2D eigenvalue weighted by atomic mass is 79.9. The van der Waals surface area contributed by atoms with Crippen molar-refractivity contribution in [1.29, 1.82) is 0 Å². The first-order valence-corrected chi connectivity index (χ1v) is 8.58. The third-order valence-corrected chi connectivity index (χ3v) is 4.38. The molecule has 0 fully saturated rings. The summed E-state index contributed by atoms with van der Waals surface area (Å²) in [5.74, 6) is -0.285. The van der Waals surface area contributed by atoms with E-state index in [4.69, 9.17) is 11.6 Å². The number of amides is 1. The second-order valence-electron chi connectivity index (χ2n) is 5.40. The fourth-order valence-electron chi connectivity index (χ4n) is 2.24. The van der Waals surface area contributed by atoms with Gasteiger partial charge in [-0.25, -0.2) is 4.39 Å². The maximum Gasteiger partial charge on any atom is 0.250 e. The lowest BCUT2D eigenvalue weighted by Gasteiger charge is -2.11. The third-order valence-electron chi connectivity index (χ3n) is 3.62. The van der Waals surface area contributed by atoms with Crippen LogP contribution in [0.3, 0.4) is 0 Å². The molecule has 1 N–H and O–H groups in total. The molecule has 130 valence electrons. The predicted molar refractivity (Wildman–Crippen MR) is 96.0 cm³/mol. The van der Waals surface area contributed by atoms with E-state index in [1.807, 2.05) is 0 Å². The molecule has 1 atom stereocenters. The highest BCUT2D eigenvalue weighted by molar-refractivity contribution is 9.10. The minimum atomic E-state index is -0.502. The van der Waals surface area contributed by atoms with Crippen molar-refractivity contribution in [3.63, 3.8) is 0 Å². The van der Waals surface area contributed by atoms with Gasteiger partial charge < -0.3 is 5.32 Å². The number of anilines is 1. The minimum Gasteiger partial charge on any atom is -0.307 e. The third kappa shape index (κ3) is 4.08. The van der Waals surface area contributed by atoms with Crippen LogP contribution in [0.15, 0.2) is 47.3 Å². The Morgan fingerprint density at radius 2 is 2.24 bits per heavy atom. The summed E-state index contributed by atoms with van der Waals surface area (Å²) >= 11 is 9.31. The van der Waals surface area contributed by atoms with Crippen LogP contribution in [-0.4, -0.2) is 25.5 Å². The second kappa shape index (κ2) is 7.37. The Hall–Kier alpha value is -2.19. The van der Waals surface area contributed by atoms with Crippen molar-refractivity contribution < 1.29 is 9.18 Å². The molecule has 3 rings (SSSR count). The zero-order valence-electron chi connectivity index (χ0n) is 13.2. The van der Waals surface area contributed by atoms with E-state index in [1.54, 1.807) is 43.7 Å². The lowest BCUT2D eigenvalue weighted by atomic mass is 10.2. The molecule has 0 saturated carbocycles. The van der Waals surface area contributed by atoms with Gasteiger partial charge in [-0.05, 0) is 35.0 Å². The Morgan fingerprint density at radius 1 is 1.44 bits per heavy atom. The van der Waals surface area contributed by atoms with Gasteiger partial charge in [-0.3, -0.25) is 14.2 Å². The molecule has 0 aliphatic carbocycles. The fraction of sp³-hybridized carbons (Fsp3) is 0.188.